The van der Waals surface area contributed by atoms with E-state index in [-0.39, 0.29) is 25.3 Å². The van der Waals surface area contributed by atoms with Crippen LogP contribution in [0.2, 0.25) is 0 Å². The number of aliphatic hydroxyl groups excluding tert-OH is 2. The standard InChI is InChI=1S/C18H20N2O6/c21-16(17(22)14-6-8-15(9-7-14)20(24)25)10-11-19-18(23)26-12-13-4-2-1-3-5-13/h1-9,16-17,21-22H,10-12H2,(H,19,23). The highest BCUT2D eigenvalue weighted by molar-refractivity contribution is 5.67. The molecule has 0 aliphatic carbocycles. The number of benzene rings is 2. The van der Waals surface area contributed by atoms with Crippen molar-refractivity contribution in [1.82, 2.24) is 5.32 Å². The van der Waals surface area contributed by atoms with E-state index in [2.05, 4.69) is 5.32 Å². The third-order valence-corrected chi connectivity index (χ3v) is 3.73. The molecule has 2 rings (SSSR count). The fourth-order valence-corrected chi connectivity index (χ4v) is 2.27. The topological polar surface area (TPSA) is 122 Å². The number of aliphatic hydroxyl groups is 2. The zero-order chi connectivity index (χ0) is 18.9. The molecule has 8 heteroatoms. The average molecular weight is 360 g/mol. The lowest BCUT2D eigenvalue weighted by Gasteiger charge is -2.18. The first-order chi connectivity index (χ1) is 12.5. The van der Waals surface area contributed by atoms with Gasteiger partial charge in [-0.3, -0.25) is 10.1 Å². The molecule has 8 nitrogen and oxygen atoms in total. The number of nitro groups is 1. The minimum absolute atomic E-state index is 0.0958. The second-order valence-electron chi connectivity index (χ2n) is 5.64. The molecule has 0 heterocycles. The van der Waals surface area contributed by atoms with Crippen LogP contribution in [0.1, 0.15) is 23.7 Å². The largest absolute Gasteiger partial charge is 0.445 e. The number of nitrogens with one attached hydrogen (secondary N) is 1. The van der Waals surface area contributed by atoms with E-state index in [4.69, 9.17) is 4.74 Å². The van der Waals surface area contributed by atoms with Crippen LogP contribution in [0.15, 0.2) is 54.6 Å². The van der Waals surface area contributed by atoms with Crippen LogP contribution in [0.25, 0.3) is 0 Å². The summed E-state index contributed by atoms with van der Waals surface area (Å²) >= 11 is 0. The molecule has 26 heavy (non-hydrogen) atoms. The maximum atomic E-state index is 11.6. The van der Waals surface area contributed by atoms with Crippen molar-refractivity contribution in [1.29, 1.82) is 0 Å². The normalized spacial score (nSPS) is 12.8. The monoisotopic (exact) mass is 360 g/mol. The number of hydrogen-bond donors (Lipinski definition) is 3. The quantitative estimate of drug-likeness (QED) is 0.490. The summed E-state index contributed by atoms with van der Waals surface area (Å²) in [5, 5.41) is 33.2. The molecule has 2 atom stereocenters. The Morgan fingerprint density at radius 3 is 2.38 bits per heavy atom. The van der Waals surface area contributed by atoms with E-state index in [0.717, 1.165) is 5.56 Å². The third-order valence-electron chi connectivity index (χ3n) is 3.73. The second-order valence-corrected chi connectivity index (χ2v) is 5.64. The molecule has 0 aliphatic rings. The maximum Gasteiger partial charge on any atom is 0.407 e. The Bertz CT molecular complexity index is 720. The van der Waals surface area contributed by atoms with Crippen molar-refractivity contribution in [3.63, 3.8) is 0 Å². The molecular formula is C18H20N2O6. The van der Waals surface area contributed by atoms with Gasteiger partial charge in [0.1, 0.15) is 12.7 Å². The number of alkyl carbamates (subject to hydrolysis) is 1. The van der Waals surface area contributed by atoms with Crippen LogP contribution in [-0.2, 0) is 11.3 Å². The van der Waals surface area contributed by atoms with E-state index in [1.54, 1.807) is 0 Å². The molecule has 1 amide bonds. The van der Waals surface area contributed by atoms with Gasteiger partial charge in [-0.15, -0.1) is 0 Å². The molecule has 0 radical (unpaired) electrons. The Balaban J connectivity index is 1.72. The fraction of sp³-hybridized carbons (Fsp3) is 0.278. The number of non-ortho nitro benzene ring substituents is 1. The number of carbonyl (C=O) groups is 1. The van der Waals surface area contributed by atoms with Crippen LogP contribution in [-0.4, -0.2) is 33.9 Å². The minimum atomic E-state index is -1.21. The number of amides is 1. The summed E-state index contributed by atoms with van der Waals surface area (Å²) < 4.78 is 5.03. The lowest BCUT2D eigenvalue weighted by atomic mass is 10.0. The number of hydrogen-bond acceptors (Lipinski definition) is 6. The van der Waals surface area contributed by atoms with Crippen molar-refractivity contribution in [2.75, 3.05) is 6.54 Å². The first kappa shape index (κ1) is 19.4. The van der Waals surface area contributed by atoms with E-state index in [0.29, 0.717) is 5.56 Å². The number of rotatable bonds is 8. The van der Waals surface area contributed by atoms with Crippen LogP contribution in [0.5, 0.6) is 0 Å². The predicted octanol–water partition coefficient (Wildman–Crippen LogP) is 2.31. The molecular weight excluding hydrogens is 340 g/mol. The Labute approximate surface area is 150 Å². The van der Waals surface area contributed by atoms with Crippen LogP contribution < -0.4 is 5.32 Å². The van der Waals surface area contributed by atoms with Gasteiger partial charge in [0.05, 0.1) is 11.0 Å². The average Bonchev–Trinajstić information content (AvgIpc) is 2.66. The SMILES string of the molecule is O=C(NCCC(O)C(O)c1ccc([N+](=O)[O-])cc1)OCc1ccccc1. The lowest BCUT2D eigenvalue weighted by Crippen LogP contribution is -2.29. The molecule has 0 aliphatic heterocycles. The Morgan fingerprint density at radius 2 is 1.77 bits per heavy atom. The Hall–Kier alpha value is -2.97. The third kappa shape index (κ3) is 5.83. The van der Waals surface area contributed by atoms with Crippen molar-refractivity contribution >= 4 is 11.8 Å². The summed E-state index contributed by atoms with van der Waals surface area (Å²) in [7, 11) is 0. The van der Waals surface area contributed by atoms with Gasteiger partial charge < -0.3 is 20.3 Å². The number of ether oxygens (including phenoxy) is 1. The second kappa shape index (κ2) is 9.50. The summed E-state index contributed by atoms with van der Waals surface area (Å²) in [6.07, 6.45) is -2.87. The van der Waals surface area contributed by atoms with Gasteiger partial charge in [0.25, 0.3) is 5.69 Å². The van der Waals surface area contributed by atoms with Gasteiger partial charge in [-0.25, -0.2) is 4.79 Å². The van der Waals surface area contributed by atoms with Gasteiger partial charge in [0.2, 0.25) is 0 Å². The molecule has 0 saturated carbocycles. The summed E-state index contributed by atoms with van der Waals surface area (Å²) in [6.45, 7) is 0.249. The minimum Gasteiger partial charge on any atom is -0.445 e. The highest BCUT2D eigenvalue weighted by Gasteiger charge is 2.19. The highest BCUT2D eigenvalue weighted by atomic mass is 16.6. The fourth-order valence-electron chi connectivity index (χ4n) is 2.27. The van der Waals surface area contributed by atoms with Crippen molar-refractivity contribution in [2.45, 2.75) is 25.2 Å². The van der Waals surface area contributed by atoms with Gasteiger partial charge in [-0.05, 0) is 29.7 Å². The molecule has 3 N–H and O–H groups in total. The zero-order valence-electron chi connectivity index (χ0n) is 13.9. The first-order valence-electron chi connectivity index (χ1n) is 8.02. The Morgan fingerprint density at radius 1 is 1.12 bits per heavy atom. The first-order valence-corrected chi connectivity index (χ1v) is 8.02. The molecule has 0 fully saturated rings. The van der Waals surface area contributed by atoms with Crippen molar-refractivity contribution < 1.29 is 24.7 Å². The van der Waals surface area contributed by atoms with E-state index in [1.165, 1.54) is 24.3 Å². The summed E-state index contributed by atoms with van der Waals surface area (Å²) in [5.74, 6) is 0. The summed E-state index contributed by atoms with van der Waals surface area (Å²) in [6, 6.07) is 14.5. The predicted molar refractivity (Wildman–Crippen MR) is 93.3 cm³/mol. The smallest absolute Gasteiger partial charge is 0.407 e. The molecule has 2 aromatic carbocycles. The van der Waals surface area contributed by atoms with Gasteiger partial charge in [0.15, 0.2) is 0 Å². The molecule has 0 saturated heterocycles. The molecule has 138 valence electrons. The summed E-state index contributed by atoms with van der Waals surface area (Å²) in [5.41, 5.74) is 1.12. The van der Waals surface area contributed by atoms with Crippen molar-refractivity contribution in [3.8, 4) is 0 Å². The van der Waals surface area contributed by atoms with E-state index >= 15 is 0 Å². The van der Waals surface area contributed by atoms with Crippen LogP contribution in [0.3, 0.4) is 0 Å². The number of nitrogens with zero attached hydrogens (tertiary/aromatic N) is 1. The van der Waals surface area contributed by atoms with Crippen LogP contribution in [0, 0.1) is 10.1 Å². The van der Waals surface area contributed by atoms with E-state index in [9.17, 15) is 25.1 Å². The van der Waals surface area contributed by atoms with Gasteiger partial charge in [0, 0.05) is 18.7 Å². The molecule has 2 unspecified atom stereocenters. The molecule has 0 spiro atoms. The van der Waals surface area contributed by atoms with E-state index in [1.807, 2.05) is 30.3 Å². The highest BCUT2D eigenvalue weighted by Crippen LogP contribution is 2.21. The molecule has 0 bridgehead atoms. The Kier molecular flexibility index (Phi) is 7.07. The lowest BCUT2D eigenvalue weighted by molar-refractivity contribution is -0.384. The maximum absolute atomic E-state index is 11.6. The van der Waals surface area contributed by atoms with Crippen LogP contribution in [0.4, 0.5) is 10.5 Å². The summed E-state index contributed by atoms with van der Waals surface area (Å²) in [4.78, 5) is 21.7. The molecule has 2 aromatic rings. The van der Waals surface area contributed by atoms with Crippen molar-refractivity contribution in [3.05, 3.63) is 75.8 Å². The number of carbonyl (C=O) groups excluding carboxylic acids is 1. The molecule has 0 aromatic heterocycles. The van der Waals surface area contributed by atoms with Gasteiger partial charge in [-0.1, -0.05) is 30.3 Å². The van der Waals surface area contributed by atoms with Crippen molar-refractivity contribution in [2.24, 2.45) is 0 Å². The van der Waals surface area contributed by atoms with Gasteiger partial charge in [-0.2, -0.15) is 0 Å². The van der Waals surface area contributed by atoms with Gasteiger partial charge >= 0.3 is 6.09 Å². The zero-order valence-corrected chi connectivity index (χ0v) is 13.9. The number of nitro benzene ring substituents is 1. The van der Waals surface area contributed by atoms with E-state index < -0.39 is 23.2 Å². The van der Waals surface area contributed by atoms with Crippen LogP contribution >= 0.6 is 0 Å².